The lowest BCUT2D eigenvalue weighted by Crippen LogP contribution is -2.00. The maximum atomic E-state index is 9.36. The Morgan fingerprint density at radius 3 is 2.70 bits per heavy atom. The van der Waals surface area contributed by atoms with Gasteiger partial charge in [-0.2, -0.15) is 0 Å². The Balaban J connectivity index is 1.56. The van der Waals surface area contributed by atoms with E-state index in [2.05, 4.69) is 9.97 Å². The molecule has 2 aromatic carbocycles. The molecule has 3 aromatic heterocycles. The number of furan rings is 1. The summed E-state index contributed by atoms with van der Waals surface area (Å²) in [7, 11) is 0. The Morgan fingerprint density at radius 2 is 1.85 bits per heavy atom. The first-order valence-corrected chi connectivity index (χ1v) is 11.7. The summed E-state index contributed by atoms with van der Waals surface area (Å²) in [6.07, 6.45) is 7.76. The lowest BCUT2D eigenvalue weighted by atomic mass is 9.88. The predicted octanol–water partition coefficient (Wildman–Crippen LogP) is 7.93. The molecule has 0 N–H and O–H groups in total. The molecule has 3 heterocycles. The van der Waals surface area contributed by atoms with E-state index < -0.39 is 12.3 Å². The van der Waals surface area contributed by atoms with Gasteiger partial charge in [-0.3, -0.25) is 9.97 Å². The van der Waals surface area contributed by atoms with Crippen LogP contribution in [0.1, 0.15) is 59.3 Å². The Bertz CT molecular complexity index is 1550. The zero-order valence-corrected chi connectivity index (χ0v) is 18.7. The van der Waals surface area contributed by atoms with Gasteiger partial charge in [-0.25, -0.2) is 0 Å². The number of para-hydroxylation sites is 1. The van der Waals surface area contributed by atoms with Crippen molar-refractivity contribution in [3.05, 3.63) is 95.9 Å². The highest BCUT2D eigenvalue weighted by Gasteiger charge is 2.21. The van der Waals surface area contributed by atoms with E-state index in [1.54, 1.807) is 24.7 Å². The molecule has 1 aliphatic carbocycles. The molecular formula is C30H28N2O. The highest BCUT2D eigenvalue weighted by atomic mass is 16.3. The van der Waals surface area contributed by atoms with E-state index in [1.165, 1.54) is 0 Å². The molecule has 0 spiro atoms. The van der Waals surface area contributed by atoms with Gasteiger partial charge < -0.3 is 4.42 Å². The van der Waals surface area contributed by atoms with Crippen molar-refractivity contribution in [3.63, 3.8) is 0 Å². The molecule has 33 heavy (non-hydrogen) atoms. The topological polar surface area (TPSA) is 38.9 Å². The predicted molar refractivity (Wildman–Crippen MR) is 134 cm³/mol. The molecule has 6 rings (SSSR count). The van der Waals surface area contributed by atoms with Gasteiger partial charge in [0.1, 0.15) is 11.2 Å². The maximum Gasteiger partial charge on any atom is 0.145 e. The zero-order chi connectivity index (χ0) is 24.9. The number of rotatable bonds is 5. The minimum Gasteiger partial charge on any atom is -0.455 e. The fourth-order valence-corrected chi connectivity index (χ4v) is 5.07. The van der Waals surface area contributed by atoms with E-state index in [1.807, 2.05) is 61.5 Å². The van der Waals surface area contributed by atoms with Gasteiger partial charge in [0.25, 0.3) is 0 Å². The van der Waals surface area contributed by atoms with Crippen molar-refractivity contribution in [3.8, 4) is 11.3 Å². The monoisotopic (exact) mass is 435 g/mol. The number of hydrogen-bond donors (Lipinski definition) is 0. The molecule has 0 saturated heterocycles. The Morgan fingerprint density at radius 1 is 1.03 bits per heavy atom. The smallest absolute Gasteiger partial charge is 0.145 e. The van der Waals surface area contributed by atoms with Gasteiger partial charge in [-0.1, -0.05) is 56.9 Å². The number of hydrogen-bond acceptors (Lipinski definition) is 3. The molecular weight excluding hydrogens is 404 g/mol. The minimum absolute atomic E-state index is 0.0331. The van der Waals surface area contributed by atoms with Crippen molar-refractivity contribution in [2.45, 2.75) is 44.9 Å². The lowest BCUT2D eigenvalue weighted by molar-refractivity contribution is 0.546. The molecule has 0 radical (unpaired) electrons. The first kappa shape index (κ1) is 17.1. The summed E-state index contributed by atoms with van der Waals surface area (Å²) in [4.78, 5) is 8.76. The van der Waals surface area contributed by atoms with Crippen LogP contribution in [0, 0.1) is 5.92 Å². The largest absolute Gasteiger partial charge is 0.455 e. The van der Waals surface area contributed by atoms with Crippen LogP contribution in [0.15, 0.2) is 83.7 Å². The molecule has 1 atom stereocenters. The SMILES string of the molecule is [2H]C(C)(c1ccncc1)c1ccc(-c2cc(C([2H])([2H])C3CCCC3)ccn2)c2oc3ccccc3c12. The van der Waals surface area contributed by atoms with Crippen LogP contribution in [0.5, 0.6) is 0 Å². The Hall–Kier alpha value is -3.46. The van der Waals surface area contributed by atoms with Gasteiger partial charge >= 0.3 is 0 Å². The van der Waals surface area contributed by atoms with Gasteiger partial charge in [0.15, 0.2) is 0 Å². The molecule has 1 fully saturated rings. The lowest BCUT2D eigenvalue weighted by Gasteiger charge is -2.15. The molecule has 0 bridgehead atoms. The average Bonchev–Trinajstić information content (AvgIpc) is 3.58. The van der Waals surface area contributed by atoms with Crippen molar-refractivity contribution in [2.75, 3.05) is 0 Å². The average molecular weight is 436 g/mol. The van der Waals surface area contributed by atoms with E-state index in [-0.39, 0.29) is 5.92 Å². The van der Waals surface area contributed by atoms with E-state index in [4.69, 9.17) is 7.16 Å². The maximum absolute atomic E-state index is 9.36. The third kappa shape index (κ3) is 3.72. The number of pyridine rings is 2. The highest BCUT2D eigenvalue weighted by molar-refractivity contribution is 6.11. The highest BCUT2D eigenvalue weighted by Crippen LogP contribution is 2.41. The summed E-state index contributed by atoms with van der Waals surface area (Å²) >= 11 is 0. The van der Waals surface area contributed by atoms with Gasteiger partial charge in [-0.05, 0) is 65.4 Å². The normalized spacial score (nSPS) is 18.2. The van der Waals surface area contributed by atoms with Gasteiger partial charge in [-0.15, -0.1) is 0 Å². The molecule has 3 heteroatoms. The Labute approximate surface area is 198 Å². The first-order chi connectivity index (χ1) is 17.4. The van der Waals surface area contributed by atoms with Crippen LogP contribution >= 0.6 is 0 Å². The molecule has 3 nitrogen and oxygen atoms in total. The second-order valence-electron chi connectivity index (χ2n) is 8.88. The molecule has 1 unspecified atom stereocenters. The van der Waals surface area contributed by atoms with Crippen LogP contribution in [0.2, 0.25) is 0 Å². The van der Waals surface area contributed by atoms with Crippen LogP contribution in [0.3, 0.4) is 0 Å². The van der Waals surface area contributed by atoms with Crippen LogP contribution < -0.4 is 0 Å². The third-order valence-corrected chi connectivity index (χ3v) is 6.81. The fourth-order valence-electron chi connectivity index (χ4n) is 5.07. The van der Waals surface area contributed by atoms with Crippen molar-refractivity contribution in [1.82, 2.24) is 9.97 Å². The van der Waals surface area contributed by atoms with Crippen molar-refractivity contribution >= 4 is 21.9 Å². The van der Waals surface area contributed by atoms with Crippen LogP contribution in [0.25, 0.3) is 33.2 Å². The standard InChI is InChI=1S/C30H28N2O/c1-20(23-13-15-31-16-14-23)24-10-11-25(30-29(24)26-8-4-5-9-28(26)33-30)27-19-22(12-17-32-27)18-21-6-2-3-7-21/h4-5,8-17,19-21H,2-3,6-7,18H2,1H3/i18D2,20D. The number of fused-ring (bicyclic) bond motifs is 3. The third-order valence-electron chi connectivity index (χ3n) is 6.81. The summed E-state index contributed by atoms with van der Waals surface area (Å²) in [6.45, 7) is 1.90. The van der Waals surface area contributed by atoms with E-state index >= 15 is 0 Å². The second kappa shape index (κ2) is 8.47. The quantitative estimate of drug-likeness (QED) is 0.281. The van der Waals surface area contributed by atoms with Crippen molar-refractivity contribution < 1.29 is 8.53 Å². The van der Waals surface area contributed by atoms with Crippen LogP contribution in [0.4, 0.5) is 0 Å². The summed E-state index contributed by atoms with van der Waals surface area (Å²) in [5.41, 5.74) is 5.27. The van der Waals surface area contributed by atoms with Gasteiger partial charge in [0, 0.05) is 44.9 Å². The van der Waals surface area contributed by atoms with E-state index in [0.717, 1.165) is 58.7 Å². The van der Waals surface area contributed by atoms with E-state index in [9.17, 15) is 1.37 Å². The molecule has 1 aliphatic rings. The first-order valence-electron chi connectivity index (χ1n) is 13.2. The molecule has 5 aromatic rings. The Kier molecular flexibility index (Phi) is 4.38. The van der Waals surface area contributed by atoms with Gasteiger partial charge in [0.2, 0.25) is 0 Å². The minimum atomic E-state index is -1.40. The summed E-state index contributed by atoms with van der Waals surface area (Å²) in [5, 5.41) is 1.85. The number of benzene rings is 2. The summed E-state index contributed by atoms with van der Waals surface area (Å²) in [5.74, 6) is -0.993. The second-order valence-corrected chi connectivity index (χ2v) is 8.88. The zero-order valence-electron chi connectivity index (χ0n) is 21.7. The summed E-state index contributed by atoms with van der Waals surface area (Å²) in [6, 6.07) is 19.3. The van der Waals surface area contributed by atoms with Crippen molar-refractivity contribution in [1.29, 1.82) is 0 Å². The number of nitrogens with zero attached hydrogens (tertiary/aromatic N) is 2. The summed E-state index contributed by atoms with van der Waals surface area (Å²) < 4.78 is 33.5. The fraction of sp³-hybridized carbons (Fsp3) is 0.267. The molecule has 0 amide bonds. The molecule has 1 saturated carbocycles. The van der Waals surface area contributed by atoms with Crippen LogP contribution in [-0.4, -0.2) is 9.97 Å². The van der Waals surface area contributed by atoms with Gasteiger partial charge in [0.05, 0.1) is 5.69 Å². The molecule has 164 valence electrons. The molecule has 0 aliphatic heterocycles. The van der Waals surface area contributed by atoms with E-state index in [0.29, 0.717) is 16.8 Å². The van der Waals surface area contributed by atoms with Crippen molar-refractivity contribution in [2.24, 2.45) is 5.92 Å². The number of aromatic nitrogens is 2. The van der Waals surface area contributed by atoms with Crippen LogP contribution in [-0.2, 0) is 6.37 Å².